The van der Waals surface area contributed by atoms with E-state index in [1.165, 1.54) is 6.92 Å². The summed E-state index contributed by atoms with van der Waals surface area (Å²) in [5, 5.41) is 2.69. The molecule has 0 aliphatic heterocycles. The van der Waals surface area contributed by atoms with E-state index in [1.54, 1.807) is 18.5 Å². The van der Waals surface area contributed by atoms with Gasteiger partial charge in [0.1, 0.15) is 0 Å². The molecule has 1 aromatic heterocycles. The first-order valence-electron chi connectivity index (χ1n) is 4.38. The van der Waals surface area contributed by atoms with Crippen LogP contribution in [0.2, 0.25) is 0 Å². The molecule has 0 fully saturated rings. The predicted molar refractivity (Wildman–Crippen MR) is 54.6 cm³/mol. The van der Waals surface area contributed by atoms with E-state index in [2.05, 4.69) is 10.3 Å². The molecule has 72 valence electrons. The zero-order chi connectivity index (χ0) is 10.3. The van der Waals surface area contributed by atoms with Crippen molar-refractivity contribution in [3.8, 4) is 0 Å². The second kappa shape index (κ2) is 6.17. The normalized spacial score (nSPS) is 8.31. The van der Waals surface area contributed by atoms with Gasteiger partial charge in [-0.25, -0.2) is 0 Å². The molecule has 0 aliphatic rings. The third-order valence-corrected chi connectivity index (χ3v) is 1.33. The summed E-state index contributed by atoms with van der Waals surface area (Å²) in [5.74, 6) is -0.0562. The SMILES string of the molecule is CC.CC(=O)Nc1ccncc1C. The summed E-state index contributed by atoms with van der Waals surface area (Å²) < 4.78 is 0. The van der Waals surface area contributed by atoms with Gasteiger partial charge in [-0.05, 0) is 18.6 Å². The fourth-order valence-corrected chi connectivity index (χ4v) is 0.803. The molecule has 1 N–H and O–H groups in total. The molecular weight excluding hydrogens is 164 g/mol. The number of nitrogens with zero attached hydrogens (tertiary/aromatic N) is 1. The minimum Gasteiger partial charge on any atom is -0.326 e. The van der Waals surface area contributed by atoms with Crippen molar-refractivity contribution in [3.63, 3.8) is 0 Å². The van der Waals surface area contributed by atoms with Crippen LogP contribution in [0.4, 0.5) is 5.69 Å². The molecule has 0 aliphatic carbocycles. The number of carbonyl (C=O) groups is 1. The number of hydrogen-bond acceptors (Lipinski definition) is 2. The first-order chi connectivity index (χ1) is 6.20. The lowest BCUT2D eigenvalue weighted by molar-refractivity contribution is -0.114. The summed E-state index contributed by atoms with van der Waals surface area (Å²) in [6.07, 6.45) is 3.36. The minimum absolute atomic E-state index is 0.0562. The fraction of sp³-hybridized carbons (Fsp3) is 0.400. The number of carbonyl (C=O) groups excluding carboxylic acids is 1. The Hall–Kier alpha value is -1.38. The molecule has 13 heavy (non-hydrogen) atoms. The monoisotopic (exact) mass is 180 g/mol. The number of amides is 1. The van der Waals surface area contributed by atoms with E-state index in [0.29, 0.717) is 0 Å². The molecule has 0 radical (unpaired) electrons. The first-order valence-corrected chi connectivity index (χ1v) is 4.38. The van der Waals surface area contributed by atoms with E-state index in [4.69, 9.17) is 0 Å². The number of anilines is 1. The standard InChI is InChI=1S/C8H10N2O.C2H6/c1-6-5-9-4-3-8(6)10-7(2)11;1-2/h3-5H,1-2H3,(H,9,10,11);1-2H3. The van der Waals surface area contributed by atoms with Crippen molar-refractivity contribution in [2.45, 2.75) is 27.7 Å². The van der Waals surface area contributed by atoms with Gasteiger partial charge in [-0.2, -0.15) is 0 Å². The van der Waals surface area contributed by atoms with E-state index in [1.807, 2.05) is 20.8 Å². The molecular formula is C10H16N2O. The van der Waals surface area contributed by atoms with Gasteiger partial charge in [-0.1, -0.05) is 13.8 Å². The Bertz CT molecular complexity index is 271. The maximum atomic E-state index is 10.6. The molecule has 3 nitrogen and oxygen atoms in total. The summed E-state index contributed by atoms with van der Waals surface area (Å²) in [5.41, 5.74) is 1.80. The van der Waals surface area contributed by atoms with E-state index in [9.17, 15) is 4.79 Å². The quantitative estimate of drug-likeness (QED) is 0.721. The smallest absolute Gasteiger partial charge is 0.221 e. The fourth-order valence-electron chi connectivity index (χ4n) is 0.803. The number of hydrogen-bond donors (Lipinski definition) is 1. The third kappa shape index (κ3) is 4.25. The van der Waals surface area contributed by atoms with Crippen LogP contribution in [0.1, 0.15) is 26.3 Å². The van der Waals surface area contributed by atoms with E-state index < -0.39 is 0 Å². The van der Waals surface area contributed by atoms with Gasteiger partial charge >= 0.3 is 0 Å². The van der Waals surface area contributed by atoms with Crippen LogP contribution < -0.4 is 5.32 Å². The van der Waals surface area contributed by atoms with Gasteiger partial charge in [0.25, 0.3) is 0 Å². The van der Waals surface area contributed by atoms with Gasteiger partial charge in [0, 0.05) is 25.0 Å². The molecule has 0 saturated heterocycles. The van der Waals surface area contributed by atoms with Gasteiger partial charge < -0.3 is 5.32 Å². The zero-order valence-electron chi connectivity index (χ0n) is 8.59. The lowest BCUT2D eigenvalue weighted by Gasteiger charge is -2.03. The maximum absolute atomic E-state index is 10.6. The predicted octanol–water partition coefficient (Wildman–Crippen LogP) is 2.37. The average molecular weight is 180 g/mol. The van der Waals surface area contributed by atoms with Crippen molar-refractivity contribution in [2.75, 3.05) is 5.32 Å². The molecule has 0 unspecified atom stereocenters. The van der Waals surface area contributed by atoms with Crippen molar-refractivity contribution in [1.82, 2.24) is 4.98 Å². The van der Waals surface area contributed by atoms with Gasteiger partial charge in [-0.15, -0.1) is 0 Å². The molecule has 0 aromatic carbocycles. The first kappa shape index (κ1) is 11.6. The Morgan fingerprint density at radius 3 is 2.54 bits per heavy atom. The molecule has 3 heteroatoms. The lowest BCUT2D eigenvalue weighted by Crippen LogP contribution is -2.06. The lowest BCUT2D eigenvalue weighted by atomic mass is 10.2. The van der Waals surface area contributed by atoms with Crippen LogP contribution in [-0.2, 0) is 4.79 Å². The maximum Gasteiger partial charge on any atom is 0.221 e. The highest BCUT2D eigenvalue weighted by atomic mass is 16.1. The van der Waals surface area contributed by atoms with E-state index in [0.717, 1.165) is 11.3 Å². The number of nitrogens with one attached hydrogen (secondary N) is 1. The van der Waals surface area contributed by atoms with E-state index in [-0.39, 0.29) is 5.91 Å². The molecule has 1 rings (SSSR count). The van der Waals surface area contributed by atoms with Crippen LogP contribution in [-0.4, -0.2) is 10.9 Å². The van der Waals surface area contributed by atoms with Gasteiger partial charge in [0.05, 0.1) is 0 Å². The molecule has 0 spiro atoms. The van der Waals surface area contributed by atoms with Crippen molar-refractivity contribution < 1.29 is 4.79 Å². The highest BCUT2D eigenvalue weighted by molar-refractivity contribution is 5.89. The Kier molecular flexibility index (Phi) is 5.52. The average Bonchev–Trinajstić information content (AvgIpc) is 2.12. The Balaban J connectivity index is 0.000000671. The summed E-state index contributed by atoms with van der Waals surface area (Å²) >= 11 is 0. The van der Waals surface area contributed by atoms with Gasteiger partial charge in [0.15, 0.2) is 0 Å². The van der Waals surface area contributed by atoms with Gasteiger partial charge in [0.2, 0.25) is 5.91 Å². The minimum atomic E-state index is -0.0562. The second-order valence-electron chi connectivity index (χ2n) is 2.37. The molecule has 1 heterocycles. The third-order valence-electron chi connectivity index (χ3n) is 1.33. The molecule has 1 aromatic rings. The van der Waals surface area contributed by atoms with Crippen molar-refractivity contribution >= 4 is 11.6 Å². The van der Waals surface area contributed by atoms with Crippen molar-refractivity contribution in [1.29, 1.82) is 0 Å². The molecule has 1 amide bonds. The number of aromatic nitrogens is 1. The van der Waals surface area contributed by atoms with Crippen LogP contribution in [0, 0.1) is 6.92 Å². The Labute approximate surface area is 79.2 Å². The zero-order valence-corrected chi connectivity index (χ0v) is 8.59. The van der Waals surface area contributed by atoms with Crippen LogP contribution in [0.15, 0.2) is 18.5 Å². The topological polar surface area (TPSA) is 42.0 Å². The largest absolute Gasteiger partial charge is 0.326 e. The van der Waals surface area contributed by atoms with Gasteiger partial charge in [-0.3, -0.25) is 9.78 Å². The van der Waals surface area contributed by atoms with Crippen LogP contribution >= 0.6 is 0 Å². The Morgan fingerprint density at radius 1 is 1.46 bits per heavy atom. The molecule has 0 saturated carbocycles. The van der Waals surface area contributed by atoms with Crippen LogP contribution in [0.5, 0.6) is 0 Å². The summed E-state index contributed by atoms with van der Waals surface area (Å²) in [7, 11) is 0. The van der Waals surface area contributed by atoms with Crippen molar-refractivity contribution in [3.05, 3.63) is 24.0 Å². The van der Waals surface area contributed by atoms with Crippen LogP contribution in [0.3, 0.4) is 0 Å². The highest BCUT2D eigenvalue weighted by Crippen LogP contribution is 2.10. The summed E-state index contributed by atoms with van der Waals surface area (Å²) in [6.45, 7) is 7.39. The number of pyridine rings is 1. The highest BCUT2D eigenvalue weighted by Gasteiger charge is 1.97. The molecule has 0 atom stereocenters. The van der Waals surface area contributed by atoms with E-state index >= 15 is 0 Å². The summed E-state index contributed by atoms with van der Waals surface area (Å²) in [6, 6.07) is 1.77. The summed E-state index contributed by atoms with van der Waals surface area (Å²) in [4.78, 5) is 14.5. The van der Waals surface area contributed by atoms with Crippen LogP contribution in [0.25, 0.3) is 0 Å². The number of aryl methyl sites for hydroxylation is 1. The second-order valence-corrected chi connectivity index (χ2v) is 2.37. The Morgan fingerprint density at radius 2 is 2.08 bits per heavy atom. The molecule has 0 bridgehead atoms. The van der Waals surface area contributed by atoms with Crippen molar-refractivity contribution in [2.24, 2.45) is 0 Å². The number of rotatable bonds is 1.